The number of fused-ring (bicyclic) bond motifs is 1. The standard InChI is InChI=1S/C27H23FN4S/c1-16-15-33-26-8-7-21(11-24(16)26)25-12-27(32-18(3)31-25)30-17(2)19-5-4-6-20(9-19)22-10-23(28)14-29-13-22/h4-15,17H,1-3H3,(H,30,31,32). The maximum Gasteiger partial charge on any atom is 0.142 e. The second-order valence-corrected chi connectivity index (χ2v) is 9.11. The van der Waals surface area contributed by atoms with E-state index in [9.17, 15) is 4.39 Å². The van der Waals surface area contributed by atoms with Gasteiger partial charge in [-0.3, -0.25) is 4.98 Å². The predicted octanol–water partition coefficient (Wildman–Crippen LogP) is 7.35. The molecule has 2 aromatic carbocycles. The Balaban J connectivity index is 1.43. The number of pyridine rings is 1. The SMILES string of the molecule is Cc1nc(NC(C)c2cccc(-c3cncc(F)c3)c2)cc(-c2ccc3scc(C)c3c2)n1. The molecule has 0 aliphatic heterocycles. The third-order valence-electron chi connectivity index (χ3n) is 5.69. The van der Waals surface area contributed by atoms with Crippen molar-refractivity contribution in [3.8, 4) is 22.4 Å². The lowest BCUT2D eigenvalue weighted by Gasteiger charge is -2.17. The monoisotopic (exact) mass is 454 g/mol. The highest BCUT2D eigenvalue weighted by atomic mass is 32.1. The van der Waals surface area contributed by atoms with Crippen molar-refractivity contribution in [3.63, 3.8) is 0 Å². The summed E-state index contributed by atoms with van der Waals surface area (Å²) in [5, 5.41) is 6.95. The molecule has 1 atom stereocenters. The summed E-state index contributed by atoms with van der Waals surface area (Å²) in [4.78, 5) is 13.2. The largest absolute Gasteiger partial charge is 0.363 e. The van der Waals surface area contributed by atoms with Crippen LogP contribution >= 0.6 is 11.3 Å². The van der Waals surface area contributed by atoms with Crippen molar-refractivity contribution in [1.82, 2.24) is 15.0 Å². The maximum atomic E-state index is 13.6. The van der Waals surface area contributed by atoms with Gasteiger partial charge in [-0.05, 0) is 72.5 Å². The van der Waals surface area contributed by atoms with Gasteiger partial charge in [0.25, 0.3) is 0 Å². The van der Waals surface area contributed by atoms with Gasteiger partial charge in [0.1, 0.15) is 17.5 Å². The Morgan fingerprint density at radius 2 is 1.79 bits per heavy atom. The van der Waals surface area contributed by atoms with Crippen molar-refractivity contribution in [2.45, 2.75) is 26.8 Å². The van der Waals surface area contributed by atoms with Gasteiger partial charge in [0.05, 0.1) is 11.9 Å². The van der Waals surface area contributed by atoms with Crippen LogP contribution in [0, 0.1) is 19.7 Å². The lowest BCUT2D eigenvalue weighted by atomic mass is 10.0. The fourth-order valence-corrected chi connectivity index (χ4v) is 4.89. The van der Waals surface area contributed by atoms with E-state index in [0.717, 1.165) is 33.8 Å². The van der Waals surface area contributed by atoms with Crippen LogP contribution in [0.5, 0.6) is 0 Å². The summed E-state index contributed by atoms with van der Waals surface area (Å²) in [7, 11) is 0. The molecule has 1 N–H and O–H groups in total. The molecule has 0 fully saturated rings. The summed E-state index contributed by atoms with van der Waals surface area (Å²) in [6, 6.07) is 18.0. The maximum absolute atomic E-state index is 13.6. The summed E-state index contributed by atoms with van der Waals surface area (Å²) < 4.78 is 14.9. The van der Waals surface area contributed by atoms with Crippen LogP contribution < -0.4 is 5.32 Å². The Morgan fingerprint density at radius 3 is 2.64 bits per heavy atom. The van der Waals surface area contributed by atoms with Crippen molar-refractivity contribution in [1.29, 1.82) is 0 Å². The third-order valence-corrected chi connectivity index (χ3v) is 6.77. The van der Waals surface area contributed by atoms with Crippen LogP contribution in [-0.2, 0) is 0 Å². The first-order valence-electron chi connectivity index (χ1n) is 10.8. The average Bonchev–Trinajstić information content (AvgIpc) is 3.19. The molecule has 5 rings (SSSR count). The Morgan fingerprint density at radius 1 is 0.909 bits per heavy atom. The Bertz CT molecular complexity index is 1460. The van der Waals surface area contributed by atoms with Crippen LogP contribution in [0.2, 0.25) is 0 Å². The molecule has 164 valence electrons. The van der Waals surface area contributed by atoms with Gasteiger partial charge in [-0.15, -0.1) is 11.3 Å². The van der Waals surface area contributed by atoms with Gasteiger partial charge in [0.2, 0.25) is 0 Å². The molecule has 0 amide bonds. The minimum atomic E-state index is -0.344. The molecule has 0 aliphatic rings. The highest BCUT2D eigenvalue weighted by Gasteiger charge is 2.12. The highest BCUT2D eigenvalue weighted by Crippen LogP contribution is 2.31. The molecule has 3 aromatic heterocycles. The van der Waals surface area contributed by atoms with E-state index in [0.29, 0.717) is 5.82 Å². The molecule has 0 saturated heterocycles. The van der Waals surface area contributed by atoms with Crippen molar-refractivity contribution in [2.75, 3.05) is 5.32 Å². The normalized spacial score (nSPS) is 12.1. The van der Waals surface area contributed by atoms with Crippen LogP contribution in [0.4, 0.5) is 10.2 Å². The molecule has 0 saturated carbocycles. The van der Waals surface area contributed by atoms with Crippen LogP contribution in [0.25, 0.3) is 32.5 Å². The van der Waals surface area contributed by atoms with E-state index in [2.05, 4.69) is 69.8 Å². The van der Waals surface area contributed by atoms with E-state index in [1.165, 1.54) is 27.9 Å². The number of aromatic nitrogens is 3. The average molecular weight is 455 g/mol. The number of hydrogen-bond acceptors (Lipinski definition) is 5. The zero-order valence-corrected chi connectivity index (χ0v) is 19.4. The minimum absolute atomic E-state index is 0.00443. The van der Waals surface area contributed by atoms with Crippen molar-refractivity contribution in [3.05, 3.63) is 95.1 Å². The van der Waals surface area contributed by atoms with Gasteiger partial charge in [0.15, 0.2) is 0 Å². The highest BCUT2D eigenvalue weighted by molar-refractivity contribution is 7.17. The Labute approximate surface area is 196 Å². The van der Waals surface area contributed by atoms with Crippen LogP contribution in [-0.4, -0.2) is 15.0 Å². The molecule has 0 bridgehead atoms. The molecule has 4 nitrogen and oxygen atoms in total. The third kappa shape index (κ3) is 4.47. The van der Waals surface area contributed by atoms with Gasteiger partial charge >= 0.3 is 0 Å². The van der Waals surface area contributed by atoms with Crippen LogP contribution in [0.1, 0.15) is 29.9 Å². The summed E-state index contributed by atoms with van der Waals surface area (Å²) in [5.41, 5.74) is 6.00. The summed E-state index contributed by atoms with van der Waals surface area (Å²) in [6.07, 6.45) is 2.89. The van der Waals surface area contributed by atoms with Gasteiger partial charge in [-0.2, -0.15) is 0 Å². The minimum Gasteiger partial charge on any atom is -0.363 e. The van der Waals surface area contributed by atoms with Crippen molar-refractivity contribution < 1.29 is 4.39 Å². The van der Waals surface area contributed by atoms with Crippen molar-refractivity contribution >= 4 is 27.2 Å². The number of hydrogen-bond donors (Lipinski definition) is 1. The van der Waals surface area contributed by atoms with Gasteiger partial charge in [-0.25, -0.2) is 14.4 Å². The topological polar surface area (TPSA) is 50.7 Å². The van der Waals surface area contributed by atoms with Crippen LogP contribution in [0.15, 0.2) is 72.4 Å². The lowest BCUT2D eigenvalue weighted by Crippen LogP contribution is -2.09. The van der Waals surface area contributed by atoms with E-state index in [-0.39, 0.29) is 11.9 Å². The lowest BCUT2D eigenvalue weighted by molar-refractivity contribution is 0.622. The second-order valence-electron chi connectivity index (χ2n) is 8.20. The molecule has 6 heteroatoms. The van der Waals surface area contributed by atoms with Gasteiger partial charge in [-0.1, -0.05) is 24.3 Å². The number of halogens is 1. The van der Waals surface area contributed by atoms with Crippen LogP contribution in [0.3, 0.4) is 0 Å². The smallest absolute Gasteiger partial charge is 0.142 e. The summed E-state index contributed by atoms with van der Waals surface area (Å²) in [5.74, 6) is 1.14. The van der Waals surface area contributed by atoms with Crippen molar-refractivity contribution in [2.24, 2.45) is 0 Å². The summed E-state index contributed by atoms with van der Waals surface area (Å²) in [6.45, 7) is 6.13. The first-order chi connectivity index (χ1) is 16.0. The molecule has 3 heterocycles. The molecule has 0 spiro atoms. The first kappa shape index (κ1) is 21.2. The Kier molecular flexibility index (Phi) is 5.60. The van der Waals surface area contributed by atoms with E-state index in [1.54, 1.807) is 17.5 Å². The van der Waals surface area contributed by atoms with Gasteiger partial charge < -0.3 is 5.32 Å². The number of aryl methyl sites for hydroxylation is 2. The Hall–Kier alpha value is -3.64. The zero-order valence-electron chi connectivity index (χ0n) is 18.6. The molecule has 33 heavy (non-hydrogen) atoms. The molecule has 0 radical (unpaired) electrons. The molecular formula is C27H23FN4S. The van der Waals surface area contributed by atoms with E-state index in [1.807, 2.05) is 25.1 Å². The molecule has 1 unspecified atom stereocenters. The molecule has 0 aliphatic carbocycles. The first-order valence-corrected chi connectivity index (χ1v) is 11.7. The number of nitrogens with one attached hydrogen (secondary N) is 1. The number of benzene rings is 2. The number of thiophene rings is 1. The quantitative estimate of drug-likeness (QED) is 0.302. The fourth-order valence-electron chi connectivity index (χ4n) is 3.97. The number of rotatable bonds is 5. The molecular weight excluding hydrogens is 431 g/mol. The predicted molar refractivity (Wildman–Crippen MR) is 134 cm³/mol. The second kappa shape index (κ2) is 8.71. The van der Waals surface area contributed by atoms with E-state index in [4.69, 9.17) is 0 Å². The molecule has 5 aromatic rings. The summed E-state index contributed by atoms with van der Waals surface area (Å²) >= 11 is 1.76. The van der Waals surface area contributed by atoms with E-state index < -0.39 is 0 Å². The zero-order chi connectivity index (χ0) is 22.9. The number of anilines is 1. The van der Waals surface area contributed by atoms with E-state index >= 15 is 0 Å². The van der Waals surface area contributed by atoms with Gasteiger partial charge in [0, 0.05) is 34.1 Å². The fraction of sp³-hybridized carbons (Fsp3) is 0.148. The number of nitrogens with zero attached hydrogens (tertiary/aromatic N) is 3.